The lowest BCUT2D eigenvalue weighted by Crippen LogP contribution is -2.56. The number of nitrogens with one attached hydrogen (secondary N) is 1. The van der Waals surface area contributed by atoms with Crippen LogP contribution in [0, 0.1) is 0 Å². The van der Waals surface area contributed by atoms with Gasteiger partial charge in [-0.15, -0.1) is 0 Å². The number of aliphatic hydroxyl groups is 1. The summed E-state index contributed by atoms with van der Waals surface area (Å²) in [5.41, 5.74) is -0.0602. The number of rotatable bonds is 3. The van der Waals surface area contributed by atoms with Gasteiger partial charge in [0.05, 0.1) is 25.1 Å². The third-order valence-electron chi connectivity index (χ3n) is 4.46. The predicted molar refractivity (Wildman–Crippen MR) is 86.8 cm³/mol. The van der Waals surface area contributed by atoms with Gasteiger partial charge < -0.3 is 20.1 Å². The molecule has 0 bridgehead atoms. The summed E-state index contributed by atoms with van der Waals surface area (Å²) < 4.78 is 6.80. The van der Waals surface area contributed by atoms with Crippen LogP contribution in [0.5, 0.6) is 0 Å². The van der Waals surface area contributed by atoms with Crippen LogP contribution in [-0.4, -0.2) is 84.4 Å². The zero-order valence-electron chi connectivity index (χ0n) is 13.6. The largest absolute Gasteiger partial charge is 0.385 e. The number of ether oxygens (including phenoxy) is 1. The van der Waals surface area contributed by atoms with E-state index in [9.17, 15) is 9.90 Å². The fourth-order valence-electron chi connectivity index (χ4n) is 3.09. The third kappa shape index (κ3) is 4.08. The summed E-state index contributed by atoms with van der Waals surface area (Å²) in [5.74, 6) is 0. The maximum atomic E-state index is 11.7. The molecule has 0 amide bonds. The molecule has 0 spiro atoms. The number of aryl methyl sites for hydroxylation is 1. The van der Waals surface area contributed by atoms with E-state index in [2.05, 4.69) is 20.2 Å². The minimum Gasteiger partial charge on any atom is -0.385 e. The first-order valence-electron chi connectivity index (χ1n) is 8.07. The van der Waals surface area contributed by atoms with Crippen LogP contribution in [0.1, 0.15) is 0 Å². The summed E-state index contributed by atoms with van der Waals surface area (Å²) in [7, 11) is 1.65. The Balaban J connectivity index is 1.55. The Hall–Kier alpha value is -1.48. The van der Waals surface area contributed by atoms with E-state index in [0.717, 1.165) is 38.4 Å². The lowest BCUT2D eigenvalue weighted by atomic mass is 10.0. The smallest absolute Gasteiger partial charge is 0.268 e. The number of aromatic nitrogens is 2. The van der Waals surface area contributed by atoms with Gasteiger partial charge in [-0.1, -0.05) is 0 Å². The number of β-amino-alcohol motifs (C(OH)–C–C–N with tert-alkyl or cyclic N) is 1. The van der Waals surface area contributed by atoms with Gasteiger partial charge in [0.2, 0.25) is 0 Å². The summed E-state index contributed by atoms with van der Waals surface area (Å²) in [5, 5.41) is 17.9. The lowest BCUT2D eigenvalue weighted by Gasteiger charge is -2.39. The first kappa shape index (κ1) is 16.4. The van der Waals surface area contributed by atoms with E-state index in [1.807, 2.05) is 0 Å². The number of nitrogens with zero attached hydrogens (tertiary/aromatic N) is 4. The molecule has 23 heavy (non-hydrogen) atoms. The van der Waals surface area contributed by atoms with E-state index in [1.165, 1.54) is 4.68 Å². The quantitative estimate of drug-likeness (QED) is 0.683. The van der Waals surface area contributed by atoms with Gasteiger partial charge in [0.15, 0.2) is 0 Å². The van der Waals surface area contributed by atoms with Crippen LogP contribution < -0.4 is 15.8 Å². The van der Waals surface area contributed by atoms with Gasteiger partial charge in [0, 0.05) is 58.9 Å². The van der Waals surface area contributed by atoms with E-state index in [4.69, 9.17) is 4.74 Å². The summed E-state index contributed by atoms with van der Waals surface area (Å²) in [6.07, 6.45) is 1.73. The van der Waals surface area contributed by atoms with Crippen LogP contribution in [0.2, 0.25) is 0 Å². The third-order valence-corrected chi connectivity index (χ3v) is 4.46. The highest BCUT2D eigenvalue weighted by Crippen LogP contribution is 2.16. The van der Waals surface area contributed by atoms with Gasteiger partial charge in [0.25, 0.3) is 5.56 Å². The van der Waals surface area contributed by atoms with Gasteiger partial charge >= 0.3 is 0 Å². The Morgan fingerprint density at radius 2 is 2.17 bits per heavy atom. The number of hydrogen-bond acceptors (Lipinski definition) is 7. The second-order valence-corrected chi connectivity index (χ2v) is 6.39. The van der Waals surface area contributed by atoms with E-state index < -0.39 is 5.60 Å². The van der Waals surface area contributed by atoms with Crippen molar-refractivity contribution < 1.29 is 9.84 Å². The molecular formula is C15H25N5O3. The molecule has 2 fully saturated rings. The van der Waals surface area contributed by atoms with Crippen molar-refractivity contribution in [1.29, 1.82) is 0 Å². The van der Waals surface area contributed by atoms with Crippen LogP contribution in [0.25, 0.3) is 0 Å². The van der Waals surface area contributed by atoms with Crippen LogP contribution in [-0.2, 0) is 11.8 Å². The zero-order valence-corrected chi connectivity index (χ0v) is 13.6. The molecule has 1 aromatic heterocycles. The van der Waals surface area contributed by atoms with Gasteiger partial charge in [-0.05, 0) is 0 Å². The Kier molecular flexibility index (Phi) is 4.96. The molecular weight excluding hydrogens is 298 g/mol. The van der Waals surface area contributed by atoms with Crippen molar-refractivity contribution in [3.05, 3.63) is 22.6 Å². The first-order valence-corrected chi connectivity index (χ1v) is 8.07. The molecule has 0 radical (unpaired) electrons. The van der Waals surface area contributed by atoms with Gasteiger partial charge in [0.1, 0.15) is 5.60 Å². The van der Waals surface area contributed by atoms with Crippen LogP contribution in [0.15, 0.2) is 17.1 Å². The fraction of sp³-hybridized carbons (Fsp3) is 0.733. The van der Waals surface area contributed by atoms with Crippen molar-refractivity contribution in [1.82, 2.24) is 20.0 Å². The Labute approximate surface area is 135 Å². The molecule has 0 aromatic carbocycles. The minimum atomic E-state index is -0.830. The molecule has 2 aliphatic rings. The van der Waals surface area contributed by atoms with Crippen molar-refractivity contribution >= 4 is 5.69 Å². The summed E-state index contributed by atoms with van der Waals surface area (Å²) in [6, 6.07) is 1.62. The van der Waals surface area contributed by atoms with Gasteiger partial charge in [-0.3, -0.25) is 9.69 Å². The molecule has 1 aromatic rings. The summed E-state index contributed by atoms with van der Waals surface area (Å²) in [4.78, 5) is 16.1. The fourth-order valence-corrected chi connectivity index (χ4v) is 3.09. The number of hydrogen-bond donors (Lipinski definition) is 2. The van der Waals surface area contributed by atoms with Crippen LogP contribution >= 0.6 is 0 Å². The van der Waals surface area contributed by atoms with E-state index in [1.54, 1.807) is 19.3 Å². The maximum absolute atomic E-state index is 11.7. The van der Waals surface area contributed by atoms with E-state index >= 15 is 0 Å². The normalized spacial score (nSPS) is 27.0. The van der Waals surface area contributed by atoms with E-state index in [0.29, 0.717) is 26.3 Å². The zero-order chi connectivity index (χ0) is 16.3. The highest BCUT2D eigenvalue weighted by Gasteiger charge is 2.32. The van der Waals surface area contributed by atoms with Crippen molar-refractivity contribution in [2.75, 3.05) is 63.9 Å². The van der Waals surface area contributed by atoms with Crippen molar-refractivity contribution in [3.63, 3.8) is 0 Å². The summed E-state index contributed by atoms with van der Waals surface area (Å²) in [6.45, 7) is 6.29. The average molecular weight is 323 g/mol. The van der Waals surface area contributed by atoms with Crippen LogP contribution in [0.4, 0.5) is 5.69 Å². The minimum absolute atomic E-state index is 0.0964. The molecule has 0 saturated carbocycles. The second kappa shape index (κ2) is 6.96. The van der Waals surface area contributed by atoms with Crippen LogP contribution in [0.3, 0.4) is 0 Å². The van der Waals surface area contributed by atoms with Crippen molar-refractivity contribution in [2.45, 2.75) is 5.60 Å². The van der Waals surface area contributed by atoms with Gasteiger partial charge in [-0.25, -0.2) is 4.68 Å². The number of anilines is 1. The molecule has 8 nitrogen and oxygen atoms in total. The van der Waals surface area contributed by atoms with Crippen molar-refractivity contribution in [2.24, 2.45) is 7.05 Å². The molecule has 1 atom stereocenters. The molecule has 2 saturated heterocycles. The topological polar surface area (TPSA) is 82.9 Å². The lowest BCUT2D eigenvalue weighted by molar-refractivity contribution is -0.0495. The molecule has 128 valence electrons. The first-order chi connectivity index (χ1) is 11.1. The van der Waals surface area contributed by atoms with Gasteiger partial charge in [-0.2, -0.15) is 5.10 Å². The predicted octanol–water partition coefficient (Wildman–Crippen LogP) is -1.75. The molecule has 2 aliphatic heterocycles. The monoisotopic (exact) mass is 323 g/mol. The second-order valence-electron chi connectivity index (χ2n) is 6.39. The molecule has 3 heterocycles. The Bertz CT molecular complexity index is 575. The molecule has 8 heteroatoms. The number of piperazine rings is 1. The summed E-state index contributed by atoms with van der Waals surface area (Å²) >= 11 is 0. The van der Waals surface area contributed by atoms with E-state index in [-0.39, 0.29) is 5.56 Å². The Morgan fingerprint density at radius 1 is 1.39 bits per heavy atom. The highest BCUT2D eigenvalue weighted by molar-refractivity contribution is 5.43. The standard InChI is InChI=1S/C15H25N5O3/c1-18-14(21)8-13(9-17-18)20-5-3-19(4-6-20)11-15(22)10-16-2-7-23-12-15/h8-9,16,22H,2-7,10-12H2,1H3/t15-/m1/s1. The van der Waals surface area contributed by atoms with Crippen molar-refractivity contribution in [3.8, 4) is 0 Å². The Morgan fingerprint density at radius 3 is 2.91 bits per heavy atom. The maximum Gasteiger partial charge on any atom is 0.268 e. The average Bonchev–Trinajstić information content (AvgIpc) is 2.75. The highest BCUT2D eigenvalue weighted by atomic mass is 16.5. The molecule has 3 rings (SSSR count). The molecule has 0 unspecified atom stereocenters. The molecule has 0 aliphatic carbocycles. The molecule has 2 N–H and O–H groups in total. The SMILES string of the molecule is Cn1ncc(N2CCN(C[C@]3(O)CNCCOC3)CC2)cc1=O.